The highest BCUT2D eigenvalue weighted by molar-refractivity contribution is 9.10. The molecule has 29 heavy (non-hydrogen) atoms. The first-order valence-electron chi connectivity index (χ1n) is 9.14. The molecule has 1 aromatic heterocycles. The van der Waals surface area contributed by atoms with E-state index in [1.807, 2.05) is 62.4 Å². The number of para-hydroxylation sites is 1. The molecule has 0 fully saturated rings. The number of benzene rings is 2. The van der Waals surface area contributed by atoms with Crippen LogP contribution in [0.1, 0.15) is 39.6 Å². The second kappa shape index (κ2) is 9.05. The fourth-order valence-electron chi connectivity index (χ4n) is 3.14. The minimum atomic E-state index is -0.520. The van der Waals surface area contributed by atoms with Crippen LogP contribution in [-0.4, -0.2) is 28.8 Å². The average Bonchev–Trinajstić information content (AvgIpc) is 3.09. The Bertz CT molecular complexity index is 1050. The van der Waals surface area contributed by atoms with Crippen molar-refractivity contribution in [2.45, 2.75) is 26.3 Å². The van der Waals surface area contributed by atoms with Gasteiger partial charge in [0.15, 0.2) is 0 Å². The van der Waals surface area contributed by atoms with Gasteiger partial charge in [-0.3, -0.25) is 9.59 Å². The second-order valence-corrected chi connectivity index (χ2v) is 7.62. The quantitative estimate of drug-likeness (QED) is 0.562. The van der Waals surface area contributed by atoms with E-state index in [1.54, 1.807) is 10.9 Å². The number of rotatable bonds is 6. The van der Waals surface area contributed by atoms with Crippen molar-refractivity contribution in [2.24, 2.45) is 0 Å². The molecule has 2 aromatic carbocycles. The summed E-state index contributed by atoms with van der Waals surface area (Å²) in [5, 5.41) is 7.34. The molecule has 1 heterocycles. The first-order chi connectivity index (χ1) is 13.9. The van der Waals surface area contributed by atoms with Crippen LogP contribution in [-0.2, 0) is 9.53 Å². The number of aromatic nitrogens is 2. The Morgan fingerprint density at radius 1 is 1.17 bits per heavy atom. The topological polar surface area (TPSA) is 73.2 Å². The number of nitrogens with one attached hydrogen (secondary N) is 1. The molecule has 3 aromatic rings. The van der Waals surface area contributed by atoms with E-state index in [2.05, 4.69) is 26.3 Å². The van der Waals surface area contributed by atoms with Crippen LogP contribution in [0.15, 0.2) is 59.2 Å². The summed E-state index contributed by atoms with van der Waals surface area (Å²) in [6.45, 7) is 3.85. The van der Waals surface area contributed by atoms with E-state index in [1.165, 1.54) is 7.11 Å². The third-order valence-electron chi connectivity index (χ3n) is 4.75. The summed E-state index contributed by atoms with van der Waals surface area (Å²) < 4.78 is 7.41. The highest BCUT2D eigenvalue weighted by atomic mass is 79.9. The number of carbonyl (C=O) groups is 2. The highest BCUT2D eigenvalue weighted by Crippen LogP contribution is 2.23. The van der Waals surface area contributed by atoms with Crippen molar-refractivity contribution in [1.29, 1.82) is 0 Å². The zero-order valence-electron chi connectivity index (χ0n) is 16.5. The average molecular weight is 456 g/mol. The maximum Gasteiger partial charge on any atom is 0.307 e. The lowest BCUT2D eigenvalue weighted by Crippen LogP contribution is -2.30. The van der Waals surface area contributed by atoms with Crippen LogP contribution in [0.2, 0.25) is 0 Å². The van der Waals surface area contributed by atoms with Gasteiger partial charge in [0.1, 0.15) is 0 Å². The molecule has 0 saturated carbocycles. The number of nitrogens with zero attached hydrogens (tertiary/aromatic N) is 2. The van der Waals surface area contributed by atoms with E-state index < -0.39 is 12.0 Å². The predicted molar refractivity (Wildman–Crippen MR) is 114 cm³/mol. The molecule has 150 valence electrons. The van der Waals surface area contributed by atoms with Crippen LogP contribution >= 0.6 is 15.9 Å². The molecular formula is C22H22BrN3O3. The molecule has 0 bridgehead atoms. The Morgan fingerprint density at radius 2 is 1.93 bits per heavy atom. The smallest absolute Gasteiger partial charge is 0.307 e. The van der Waals surface area contributed by atoms with Gasteiger partial charge in [-0.15, -0.1) is 0 Å². The SMILES string of the molecule is COC(=O)CC(NC(=O)c1cnn(-c2ccccc2C)c1C)c1cccc(Br)c1. The monoisotopic (exact) mass is 455 g/mol. The Hall–Kier alpha value is -2.93. The molecule has 0 spiro atoms. The fourth-order valence-corrected chi connectivity index (χ4v) is 3.55. The molecule has 0 saturated heterocycles. The van der Waals surface area contributed by atoms with Crippen LogP contribution in [0.5, 0.6) is 0 Å². The minimum absolute atomic E-state index is 0.0314. The molecule has 0 aliphatic rings. The van der Waals surface area contributed by atoms with Gasteiger partial charge in [-0.25, -0.2) is 4.68 Å². The van der Waals surface area contributed by atoms with Crippen molar-refractivity contribution in [3.05, 3.63) is 81.6 Å². The summed E-state index contributed by atoms with van der Waals surface area (Å²) in [5.74, 6) is -0.696. The van der Waals surface area contributed by atoms with Crippen LogP contribution in [0.4, 0.5) is 0 Å². The Morgan fingerprint density at radius 3 is 2.62 bits per heavy atom. The summed E-state index contributed by atoms with van der Waals surface area (Å²) in [7, 11) is 1.33. The molecule has 0 aliphatic heterocycles. The van der Waals surface area contributed by atoms with Crippen LogP contribution < -0.4 is 5.32 Å². The standard InChI is InChI=1S/C22H22BrN3O3/c1-14-7-4-5-10-20(14)26-15(2)18(13-24-26)22(28)25-19(12-21(27)29-3)16-8-6-9-17(23)11-16/h4-11,13,19H,12H2,1-3H3,(H,25,28). The minimum Gasteiger partial charge on any atom is -0.469 e. The van der Waals surface area contributed by atoms with Gasteiger partial charge in [-0.05, 0) is 43.2 Å². The molecule has 6 nitrogen and oxygen atoms in total. The van der Waals surface area contributed by atoms with E-state index >= 15 is 0 Å². The van der Waals surface area contributed by atoms with Crippen molar-refractivity contribution in [3.63, 3.8) is 0 Å². The lowest BCUT2D eigenvalue weighted by Gasteiger charge is -2.18. The largest absolute Gasteiger partial charge is 0.469 e. The number of aryl methyl sites for hydroxylation is 1. The van der Waals surface area contributed by atoms with Gasteiger partial charge in [0.25, 0.3) is 5.91 Å². The van der Waals surface area contributed by atoms with Crippen molar-refractivity contribution in [1.82, 2.24) is 15.1 Å². The van der Waals surface area contributed by atoms with Crippen LogP contribution in [0.3, 0.4) is 0 Å². The van der Waals surface area contributed by atoms with Gasteiger partial charge < -0.3 is 10.1 Å². The Balaban J connectivity index is 1.88. The summed E-state index contributed by atoms with van der Waals surface area (Å²) in [5.41, 5.74) is 3.97. The number of methoxy groups -OCH3 is 1. The molecule has 1 amide bonds. The molecule has 0 radical (unpaired) electrons. The van der Waals surface area contributed by atoms with Crippen molar-refractivity contribution in [3.8, 4) is 5.69 Å². The lowest BCUT2D eigenvalue weighted by atomic mass is 10.0. The maximum absolute atomic E-state index is 13.0. The van der Waals surface area contributed by atoms with Crippen molar-refractivity contribution in [2.75, 3.05) is 7.11 Å². The van der Waals surface area contributed by atoms with E-state index in [0.717, 1.165) is 27.0 Å². The molecule has 0 aliphatic carbocycles. The van der Waals surface area contributed by atoms with Gasteiger partial charge in [0, 0.05) is 4.47 Å². The number of hydrogen-bond donors (Lipinski definition) is 1. The zero-order valence-corrected chi connectivity index (χ0v) is 18.1. The van der Waals surface area contributed by atoms with Gasteiger partial charge in [-0.2, -0.15) is 5.10 Å². The van der Waals surface area contributed by atoms with Crippen LogP contribution in [0, 0.1) is 13.8 Å². The van der Waals surface area contributed by atoms with Gasteiger partial charge in [0.05, 0.1) is 42.7 Å². The lowest BCUT2D eigenvalue weighted by molar-refractivity contribution is -0.141. The predicted octanol–water partition coefficient (Wildman–Crippen LogP) is 4.29. The van der Waals surface area contributed by atoms with Crippen LogP contribution in [0.25, 0.3) is 5.69 Å². The number of hydrogen-bond acceptors (Lipinski definition) is 4. The summed E-state index contributed by atoms with van der Waals surface area (Å²) in [6.07, 6.45) is 1.58. The molecule has 1 atom stereocenters. The molecule has 7 heteroatoms. The zero-order chi connectivity index (χ0) is 21.0. The van der Waals surface area contributed by atoms with Crippen molar-refractivity contribution < 1.29 is 14.3 Å². The Labute approximate surface area is 178 Å². The molecule has 3 rings (SSSR count). The van der Waals surface area contributed by atoms with Gasteiger partial charge in [0.2, 0.25) is 0 Å². The number of amides is 1. The van der Waals surface area contributed by atoms with E-state index in [4.69, 9.17) is 4.74 Å². The van der Waals surface area contributed by atoms with Crippen molar-refractivity contribution >= 4 is 27.8 Å². The number of ether oxygens (including phenoxy) is 1. The fraction of sp³-hybridized carbons (Fsp3) is 0.227. The second-order valence-electron chi connectivity index (χ2n) is 6.70. The van der Waals surface area contributed by atoms with E-state index in [-0.39, 0.29) is 12.3 Å². The normalized spacial score (nSPS) is 11.7. The third-order valence-corrected chi connectivity index (χ3v) is 5.25. The summed E-state index contributed by atoms with van der Waals surface area (Å²) >= 11 is 3.43. The summed E-state index contributed by atoms with van der Waals surface area (Å²) in [4.78, 5) is 24.9. The number of halogens is 1. The Kier molecular flexibility index (Phi) is 6.49. The van der Waals surface area contributed by atoms with Gasteiger partial charge in [-0.1, -0.05) is 46.3 Å². The molecular weight excluding hydrogens is 434 g/mol. The number of esters is 1. The third kappa shape index (κ3) is 4.74. The summed E-state index contributed by atoms with van der Waals surface area (Å²) in [6, 6.07) is 14.8. The maximum atomic E-state index is 13.0. The first kappa shape index (κ1) is 20.8. The number of carbonyl (C=O) groups excluding carboxylic acids is 2. The van der Waals surface area contributed by atoms with E-state index in [9.17, 15) is 9.59 Å². The molecule has 1 unspecified atom stereocenters. The molecule has 1 N–H and O–H groups in total. The van der Waals surface area contributed by atoms with E-state index in [0.29, 0.717) is 5.56 Å². The first-order valence-corrected chi connectivity index (χ1v) is 9.93. The van der Waals surface area contributed by atoms with Gasteiger partial charge >= 0.3 is 5.97 Å². The highest BCUT2D eigenvalue weighted by Gasteiger charge is 2.23.